The Morgan fingerprint density at radius 1 is 1.24 bits per heavy atom. The number of carbonyl (C=O) groups excluding carboxylic acids is 1. The SMILES string of the molecule is CC(=O)c1ccc(NC2CCOC(c3ccccc3)C2)c([N+](=O)[O-])c1. The van der Waals surface area contributed by atoms with E-state index in [2.05, 4.69) is 5.32 Å². The van der Waals surface area contributed by atoms with Crippen molar-refractivity contribution in [2.75, 3.05) is 11.9 Å². The van der Waals surface area contributed by atoms with Crippen molar-refractivity contribution in [3.05, 3.63) is 69.8 Å². The number of ketones is 1. The maximum Gasteiger partial charge on any atom is 0.293 e. The molecule has 25 heavy (non-hydrogen) atoms. The quantitative estimate of drug-likeness (QED) is 0.503. The van der Waals surface area contributed by atoms with E-state index in [0.717, 1.165) is 18.4 Å². The summed E-state index contributed by atoms with van der Waals surface area (Å²) >= 11 is 0. The van der Waals surface area contributed by atoms with Crippen LogP contribution in [0.15, 0.2) is 48.5 Å². The molecule has 0 radical (unpaired) electrons. The average Bonchev–Trinajstić information content (AvgIpc) is 2.62. The summed E-state index contributed by atoms with van der Waals surface area (Å²) in [5, 5.41) is 14.6. The number of hydrogen-bond acceptors (Lipinski definition) is 5. The first-order valence-corrected chi connectivity index (χ1v) is 8.27. The van der Waals surface area contributed by atoms with Gasteiger partial charge >= 0.3 is 0 Å². The number of nitrogens with zero attached hydrogens (tertiary/aromatic N) is 1. The van der Waals surface area contributed by atoms with Gasteiger partial charge < -0.3 is 10.1 Å². The van der Waals surface area contributed by atoms with Gasteiger partial charge in [-0.25, -0.2) is 0 Å². The molecule has 6 heteroatoms. The van der Waals surface area contributed by atoms with E-state index in [1.165, 1.54) is 13.0 Å². The van der Waals surface area contributed by atoms with Crippen LogP contribution in [-0.2, 0) is 4.74 Å². The lowest BCUT2D eigenvalue weighted by Gasteiger charge is -2.31. The summed E-state index contributed by atoms with van der Waals surface area (Å²) < 4.78 is 5.84. The molecule has 1 heterocycles. The minimum absolute atomic E-state index is 0.0250. The van der Waals surface area contributed by atoms with Gasteiger partial charge in [-0.15, -0.1) is 0 Å². The molecule has 0 aromatic heterocycles. The molecule has 1 fully saturated rings. The van der Waals surface area contributed by atoms with E-state index in [4.69, 9.17) is 4.74 Å². The average molecular weight is 340 g/mol. The van der Waals surface area contributed by atoms with Crippen molar-refractivity contribution >= 4 is 17.2 Å². The zero-order chi connectivity index (χ0) is 17.8. The minimum Gasteiger partial charge on any atom is -0.377 e. The van der Waals surface area contributed by atoms with Crippen LogP contribution in [0, 0.1) is 10.1 Å². The highest BCUT2D eigenvalue weighted by Gasteiger charge is 2.26. The Morgan fingerprint density at radius 2 is 2.00 bits per heavy atom. The molecule has 2 aromatic carbocycles. The summed E-state index contributed by atoms with van der Waals surface area (Å²) in [7, 11) is 0. The molecule has 2 unspecified atom stereocenters. The Hall–Kier alpha value is -2.73. The molecule has 1 N–H and O–H groups in total. The monoisotopic (exact) mass is 340 g/mol. The molecule has 6 nitrogen and oxygen atoms in total. The van der Waals surface area contributed by atoms with Gasteiger partial charge in [-0.1, -0.05) is 30.3 Å². The molecule has 0 amide bonds. The van der Waals surface area contributed by atoms with Crippen molar-refractivity contribution in [3.63, 3.8) is 0 Å². The summed E-state index contributed by atoms with van der Waals surface area (Å²) in [5.74, 6) is -0.190. The predicted molar refractivity (Wildman–Crippen MR) is 94.9 cm³/mol. The van der Waals surface area contributed by atoms with Crippen molar-refractivity contribution < 1.29 is 14.5 Å². The Balaban J connectivity index is 1.77. The number of benzene rings is 2. The van der Waals surface area contributed by atoms with Gasteiger partial charge in [0, 0.05) is 24.3 Å². The molecule has 1 saturated heterocycles. The lowest BCUT2D eigenvalue weighted by Crippen LogP contribution is -2.30. The van der Waals surface area contributed by atoms with Crippen LogP contribution in [0.2, 0.25) is 0 Å². The molecule has 0 aliphatic carbocycles. The molecule has 2 atom stereocenters. The predicted octanol–water partition coefficient (Wildman–Crippen LogP) is 4.13. The van der Waals surface area contributed by atoms with E-state index in [9.17, 15) is 14.9 Å². The van der Waals surface area contributed by atoms with E-state index < -0.39 is 4.92 Å². The first kappa shape index (κ1) is 17.1. The van der Waals surface area contributed by atoms with Gasteiger partial charge in [0.05, 0.1) is 11.0 Å². The number of anilines is 1. The first-order chi connectivity index (χ1) is 12.0. The van der Waals surface area contributed by atoms with Gasteiger partial charge in [0.25, 0.3) is 5.69 Å². The second-order valence-corrected chi connectivity index (χ2v) is 6.18. The van der Waals surface area contributed by atoms with Gasteiger partial charge in [0.15, 0.2) is 5.78 Å². The van der Waals surface area contributed by atoms with Crippen molar-refractivity contribution in [1.29, 1.82) is 0 Å². The number of ether oxygens (including phenoxy) is 1. The van der Waals surface area contributed by atoms with Crippen LogP contribution in [0.1, 0.15) is 41.8 Å². The smallest absolute Gasteiger partial charge is 0.293 e. The lowest BCUT2D eigenvalue weighted by atomic mass is 9.97. The summed E-state index contributed by atoms with van der Waals surface area (Å²) in [6, 6.07) is 14.6. The van der Waals surface area contributed by atoms with Crippen LogP contribution in [0.4, 0.5) is 11.4 Å². The minimum atomic E-state index is -0.456. The number of nitrogens with one attached hydrogen (secondary N) is 1. The molecule has 130 valence electrons. The standard InChI is InChI=1S/C19H20N2O4/c1-13(22)15-7-8-17(18(11-15)21(23)24)20-16-9-10-25-19(12-16)14-5-3-2-4-6-14/h2-8,11,16,19-20H,9-10,12H2,1H3. The van der Waals surface area contributed by atoms with E-state index in [1.54, 1.807) is 12.1 Å². The van der Waals surface area contributed by atoms with Crippen LogP contribution in [-0.4, -0.2) is 23.4 Å². The van der Waals surface area contributed by atoms with Crippen LogP contribution in [0.3, 0.4) is 0 Å². The van der Waals surface area contributed by atoms with Gasteiger partial charge in [-0.2, -0.15) is 0 Å². The molecule has 1 aliphatic heterocycles. The van der Waals surface area contributed by atoms with Crippen LogP contribution < -0.4 is 5.32 Å². The largest absolute Gasteiger partial charge is 0.377 e. The Bertz CT molecular complexity index is 776. The normalized spacial score (nSPS) is 20.0. The molecule has 1 aliphatic rings. The van der Waals surface area contributed by atoms with E-state index >= 15 is 0 Å². The zero-order valence-electron chi connectivity index (χ0n) is 14.0. The van der Waals surface area contributed by atoms with Crippen molar-refractivity contribution in [1.82, 2.24) is 0 Å². The Labute approximate surface area is 146 Å². The fourth-order valence-corrected chi connectivity index (χ4v) is 3.07. The van der Waals surface area contributed by atoms with Gasteiger partial charge in [-0.05, 0) is 37.5 Å². The Kier molecular flexibility index (Phi) is 5.09. The third kappa shape index (κ3) is 4.03. The number of Topliss-reactive ketones (excluding diaryl/α,β-unsaturated/α-hetero) is 1. The molecule has 0 saturated carbocycles. The topological polar surface area (TPSA) is 81.5 Å². The van der Waals surface area contributed by atoms with Crippen molar-refractivity contribution in [3.8, 4) is 0 Å². The molecule has 0 spiro atoms. The fraction of sp³-hybridized carbons (Fsp3) is 0.316. The maximum atomic E-state index is 11.5. The molecular formula is C19H20N2O4. The third-order valence-electron chi connectivity index (χ3n) is 4.42. The summed E-state index contributed by atoms with van der Waals surface area (Å²) in [6.07, 6.45) is 1.48. The summed E-state index contributed by atoms with van der Waals surface area (Å²) in [4.78, 5) is 22.4. The first-order valence-electron chi connectivity index (χ1n) is 8.27. The highest BCUT2D eigenvalue weighted by Crippen LogP contribution is 2.32. The third-order valence-corrected chi connectivity index (χ3v) is 4.42. The molecule has 0 bridgehead atoms. The Morgan fingerprint density at radius 3 is 2.68 bits per heavy atom. The van der Waals surface area contributed by atoms with Gasteiger partial charge in [-0.3, -0.25) is 14.9 Å². The molecule has 3 rings (SSSR count). The van der Waals surface area contributed by atoms with Crippen molar-refractivity contribution in [2.45, 2.75) is 31.9 Å². The zero-order valence-corrected chi connectivity index (χ0v) is 14.0. The molecular weight excluding hydrogens is 320 g/mol. The molecule has 2 aromatic rings. The second-order valence-electron chi connectivity index (χ2n) is 6.18. The van der Waals surface area contributed by atoms with Crippen molar-refractivity contribution in [2.24, 2.45) is 0 Å². The summed E-state index contributed by atoms with van der Waals surface area (Å²) in [5.41, 5.74) is 1.81. The van der Waals surface area contributed by atoms with E-state index in [1.807, 2.05) is 30.3 Å². The van der Waals surface area contributed by atoms with Gasteiger partial charge in [0.2, 0.25) is 0 Å². The highest BCUT2D eigenvalue weighted by molar-refractivity contribution is 5.95. The number of nitro groups is 1. The lowest BCUT2D eigenvalue weighted by molar-refractivity contribution is -0.384. The summed E-state index contributed by atoms with van der Waals surface area (Å²) in [6.45, 7) is 1.99. The van der Waals surface area contributed by atoms with Crippen LogP contribution in [0.25, 0.3) is 0 Å². The van der Waals surface area contributed by atoms with Gasteiger partial charge in [0.1, 0.15) is 5.69 Å². The van der Waals surface area contributed by atoms with Crippen LogP contribution >= 0.6 is 0 Å². The number of nitro benzene ring substituents is 1. The number of hydrogen-bond donors (Lipinski definition) is 1. The second kappa shape index (κ2) is 7.44. The fourth-order valence-electron chi connectivity index (χ4n) is 3.07. The maximum absolute atomic E-state index is 11.5. The van der Waals surface area contributed by atoms with Crippen LogP contribution in [0.5, 0.6) is 0 Å². The van der Waals surface area contributed by atoms with E-state index in [0.29, 0.717) is 17.9 Å². The van der Waals surface area contributed by atoms with E-state index in [-0.39, 0.29) is 23.6 Å². The number of rotatable bonds is 5. The highest BCUT2D eigenvalue weighted by atomic mass is 16.6. The number of carbonyl (C=O) groups is 1.